The summed E-state index contributed by atoms with van der Waals surface area (Å²) in [4.78, 5) is 39.2. The summed E-state index contributed by atoms with van der Waals surface area (Å²) in [5.74, 6) is -1.66. The number of carboxylic acid groups (broad SMARTS) is 1. The van der Waals surface area contributed by atoms with Gasteiger partial charge in [0, 0.05) is 19.6 Å². The Morgan fingerprint density at radius 2 is 1.71 bits per heavy atom. The fraction of sp³-hybridized carbons (Fsp3) is 0.423. The van der Waals surface area contributed by atoms with Crippen molar-refractivity contribution in [2.75, 3.05) is 26.9 Å². The summed E-state index contributed by atoms with van der Waals surface area (Å²) < 4.78 is 10.7. The van der Waals surface area contributed by atoms with Crippen molar-refractivity contribution in [3.63, 3.8) is 0 Å². The van der Waals surface area contributed by atoms with Gasteiger partial charge in [-0.3, -0.25) is 4.79 Å². The predicted octanol–water partition coefficient (Wildman–Crippen LogP) is 3.40. The van der Waals surface area contributed by atoms with Crippen molar-refractivity contribution in [2.45, 2.75) is 43.7 Å². The summed E-state index contributed by atoms with van der Waals surface area (Å²) in [5, 5.41) is 12.5. The number of carboxylic acids is 1. The highest BCUT2D eigenvalue weighted by atomic mass is 16.5. The fourth-order valence-electron chi connectivity index (χ4n) is 5.14. The highest BCUT2D eigenvalue weighted by Gasteiger charge is 2.49. The van der Waals surface area contributed by atoms with E-state index in [2.05, 4.69) is 17.4 Å². The molecule has 4 rings (SSSR count). The quantitative estimate of drug-likeness (QED) is 0.648. The van der Waals surface area contributed by atoms with E-state index in [1.54, 1.807) is 0 Å². The van der Waals surface area contributed by atoms with E-state index in [4.69, 9.17) is 9.47 Å². The zero-order valence-corrected chi connectivity index (χ0v) is 19.5. The van der Waals surface area contributed by atoms with Crippen LogP contribution in [-0.2, 0) is 19.1 Å². The fourth-order valence-corrected chi connectivity index (χ4v) is 5.14. The van der Waals surface area contributed by atoms with E-state index in [0.717, 1.165) is 22.3 Å². The van der Waals surface area contributed by atoms with Crippen LogP contribution in [0.1, 0.15) is 43.2 Å². The molecule has 1 aliphatic heterocycles. The standard InChI is InChI=1S/C26H30N2O6/c1-17(23(29)28-14-8-7-13-26(28,16-33-2)24(30)31)27-25(32)34-15-22-20-11-5-3-9-18(20)19-10-4-6-12-21(19)22/h3-6,9-12,17,22H,7-8,13-16H2,1-2H3,(H,27,32)(H,30,31). The number of ether oxygens (including phenoxy) is 2. The lowest BCUT2D eigenvalue weighted by Crippen LogP contribution is -2.64. The molecule has 0 bridgehead atoms. The van der Waals surface area contributed by atoms with Crippen LogP contribution in [0.4, 0.5) is 4.79 Å². The van der Waals surface area contributed by atoms with Crippen molar-refractivity contribution < 1.29 is 29.0 Å². The summed E-state index contributed by atoms with van der Waals surface area (Å²) in [7, 11) is 1.42. The zero-order chi connectivity index (χ0) is 24.3. The molecule has 1 saturated heterocycles. The zero-order valence-electron chi connectivity index (χ0n) is 19.5. The molecule has 34 heavy (non-hydrogen) atoms. The summed E-state index contributed by atoms with van der Waals surface area (Å²) in [5.41, 5.74) is 3.02. The molecule has 2 unspecified atom stereocenters. The van der Waals surface area contributed by atoms with Crippen LogP contribution in [0.3, 0.4) is 0 Å². The van der Waals surface area contributed by atoms with E-state index in [-0.39, 0.29) is 19.1 Å². The lowest BCUT2D eigenvalue weighted by molar-refractivity contribution is -0.167. The maximum absolute atomic E-state index is 13.2. The molecular formula is C26H30N2O6. The van der Waals surface area contributed by atoms with Crippen molar-refractivity contribution in [1.82, 2.24) is 10.2 Å². The van der Waals surface area contributed by atoms with Crippen LogP contribution in [0.2, 0.25) is 0 Å². The van der Waals surface area contributed by atoms with Crippen LogP contribution in [0.5, 0.6) is 0 Å². The third-order valence-corrected chi connectivity index (χ3v) is 6.83. The number of carbonyl (C=O) groups excluding carboxylic acids is 2. The number of hydrogen-bond acceptors (Lipinski definition) is 5. The van der Waals surface area contributed by atoms with Gasteiger partial charge in [-0.2, -0.15) is 0 Å². The Bertz CT molecular complexity index is 1040. The molecule has 8 nitrogen and oxygen atoms in total. The average Bonchev–Trinajstić information content (AvgIpc) is 3.16. The van der Waals surface area contributed by atoms with Gasteiger partial charge in [-0.05, 0) is 48.4 Å². The Morgan fingerprint density at radius 1 is 1.09 bits per heavy atom. The summed E-state index contributed by atoms with van der Waals surface area (Å²) in [6.45, 7) is 1.86. The SMILES string of the molecule is COCC1(C(=O)O)CCCCN1C(=O)C(C)NC(=O)OCC1c2ccccc2-c2ccccc21. The third kappa shape index (κ3) is 4.25. The van der Waals surface area contributed by atoms with Gasteiger partial charge >= 0.3 is 12.1 Å². The first-order valence-electron chi connectivity index (χ1n) is 11.5. The van der Waals surface area contributed by atoms with Gasteiger partial charge in [-0.1, -0.05) is 48.5 Å². The second-order valence-electron chi connectivity index (χ2n) is 8.91. The van der Waals surface area contributed by atoms with E-state index >= 15 is 0 Å². The number of carbonyl (C=O) groups is 3. The Balaban J connectivity index is 1.42. The van der Waals surface area contributed by atoms with E-state index in [1.807, 2.05) is 36.4 Å². The van der Waals surface area contributed by atoms with Crippen molar-refractivity contribution in [1.29, 1.82) is 0 Å². The molecule has 2 aromatic carbocycles. The smallest absolute Gasteiger partial charge is 0.407 e. The van der Waals surface area contributed by atoms with Gasteiger partial charge in [0.25, 0.3) is 0 Å². The molecule has 0 radical (unpaired) electrons. The summed E-state index contributed by atoms with van der Waals surface area (Å²) >= 11 is 0. The maximum Gasteiger partial charge on any atom is 0.407 e. The number of piperidine rings is 1. The predicted molar refractivity (Wildman–Crippen MR) is 125 cm³/mol. The maximum atomic E-state index is 13.2. The van der Waals surface area contributed by atoms with Gasteiger partial charge in [0.1, 0.15) is 12.6 Å². The Hall–Kier alpha value is -3.39. The molecule has 2 atom stereocenters. The van der Waals surface area contributed by atoms with Gasteiger partial charge in [0.2, 0.25) is 5.91 Å². The number of hydrogen-bond donors (Lipinski definition) is 2. The number of amides is 2. The van der Waals surface area contributed by atoms with Crippen LogP contribution >= 0.6 is 0 Å². The number of likely N-dealkylation sites (tertiary alicyclic amines) is 1. The summed E-state index contributed by atoms with van der Waals surface area (Å²) in [6, 6.07) is 15.1. The van der Waals surface area contributed by atoms with E-state index in [0.29, 0.717) is 25.8 Å². The number of fused-ring (bicyclic) bond motifs is 3. The minimum absolute atomic E-state index is 0.0902. The molecule has 0 saturated carbocycles. The highest BCUT2D eigenvalue weighted by Crippen LogP contribution is 2.44. The molecule has 180 valence electrons. The lowest BCUT2D eigenvalue weighted by Gasteiger charge is -2.44. The van der Waals surface area contributed by atoms with Gasteiger partial charge in [-0.15, -0.1) is 0 Å². The van der Waals surface area contributed by atoms with Gasteiger partial charge in [0.15, 0.2) is 5.54 Å². The summed E-state index contributed by atoms with van der Waals surface area (Å²) in [6.07, 6.45) is 0.974. The highest BCUT2D eigenvalue weighted by molar-refractivity contribution is 5.91. The average molecular weight is 467 g/mol. The molecule has 2 aromatic rings. The minimum atomic E-state index is -1.43. The molecule has 1 fully saturated rings. The number of rotatable bonds is 7. The number of methoxy groups -OCH3 is 1. The Labute approximate surface area is 198 Å². The molecular weight excluding hydrogens is 436 g/mol. The van der Waals surface area contributed by atoms with Crippen LogP contribution in [0.25, 0.3) is 11.1 Å². The second kappa shape index (κ2) is 9.85. The molecule has 2 N–H and O–H groups in total. The van der Waals surface area contributed by atoms with E-state index in [9.17, 15) is 19.5 Å². The van der Waals surface area contributed by atoms with Gasteiger partial charge in [-0.25, -0.2) is 9.59 Å². The first-order valence-corrected chi connectivity index (χ1v) is 11.5. The Morgan fingerprint density at radius 3 is 2.29 bits per heavy atom. The van der Waals surface area contributed by atoms with Crippen LogP contribution < -0.4 is 5.32 Å². The molecule has 8 heteroatoms. The Kier molecular flexibility index (Phi) is 6.88. The topological polar surface area (TPSA) is 105 Å². The number of aliphatic carboxylic acids is 1. The first-order chi connectivity index (χ1) is 16.4. The largest absolute Gasteiger partial charge is 0.479 e. The number of nitrogens with one attached hydrogen (secondary N) is 1. The van der Waals surface area contributed by atoms with Crippen molar-refractivity contribution >= 4 is 18.0 Å². The molecule has 2 aliphatic rings. The minimum Gasteiger partial charge on any atom is -0.479 e. The van der Waals surface area contributed by atoms with E-state index < -0.39 is 29.6 Å². The van der Waals surface area contributed by atoms with Crippen LogP contribution in [0, 0.1) is 0 Å². The number of nitrogens with zero attached hydrogens (tertiary/aromatic N) is 1. The molecule has 1 heterocycles. The normalized spacial score (nSPS) is 20.2. The third-order valence-electron chi connectivity index (χ3n) is 6.83. The first kappa shape index (κ1) is 23.8. The van der Waals surface area contributed by atoms with Crippen molar-refractivity contribution in [2.24, 2.45) is 0 Å². The van der Waals surface area contributed by atoms with E-state index in [1.165, 1.54) is 18.9 Å². The molecule has 1 aliphatic carbocycles. The lowest BCUT2D eigenvalue weighted by atomic mass is 9.86. The van der Waals surface area contributed by atoms with Crippen molar-refractivity contribution in [3.05, 3.63) is 59.7 Å². The van der Waals surface area contributed by atoms with Gasteiger partial charge < -0.3 is 24.8 Å². The molecule has 0 spiro atoms. The second-order valence-corrected chi connectivity index (χ2v) is 8.91. The van der Waals surface area contributed by atoms with Gasteiger partial charge in [0.05, 0.1) is 6.61 Å². The monoisotopic (exact) mass is 466 g/mol. The molecule has 0 aromatic heterocycles. The number of benzene rings is 2. The molecule has 2 amide bonds. The number of alkyl carbamates (subject to hydrolysis) is 1. The van der Waals surface area contributed by atoms with Crippen molar-refractivity contribution in [3.8, 4) is 11.1 Å². The van der Waals surface area contributed by atoms with Crippen LogP contribution in [-0.4, -0.2) is 66.4 Å². The van der Waals surface area contributed by atoms with Crippen LogP contribution in [0.15, 0.2) is 48.5 Å².